The highest BCUT2D eigenvalue weighted by atomic mass is 32.2. The Morgan fingerprint density at radius 3 is 2.57 bits per heavy atom. The Balaban J connectivity index is 1.52. The Labute approximate surface area is 166 Å². The van der Waals surface area contributed by atoms with Gasteiger partial charge >= 0.3 is 0 Å². The van der Waals surface area contributed by atoms with Crippen molar-refractivity contribution in [1.82, 2.24) is 9.55 Å². The van der Waals surface area contributed by atoms with Gasteiger partial charge in [-0.3, -0.25) is 4.72 Å². The number of piperidine rings is 1. The monoisotopic (exact) mass is 399 g/mol. The molecule has 0 atom stereocenters. The lowest BCUT2D eigenvalue weighted by molar-refractivity contribution is -0.904. The second-order valence-corrected chi connectivity index (χ2v) is 9.20. The van der Waals surface area contributed by atoms with Gasteiger partial charge in [0.2, 0.25) is 0 Å². The first-order valence-electron chi connectivity index (χ1n) is 9.90. The van der Waals surface area contributed by atoms with Gasteiger partial charge in [-0.05, 0) is 49.6 Å². The molecule has 6 nitrogen and oxygen atoms in total. The van der Waals surface area contributed by atoms with Crippen molar-refractivity contribution in [2.24, 2.45) is 7.05 Å². The number of sulfonamides is 1. The molecule has 2 N–H and O–H groups in total. The number of fused-ring (bicyclic) bond motifs is 1. The van der Waals surface area contributed by atoms with Gasteiger partial charge in [-0.25, -0.2) is 13.4 Å². The predicted octanol–water partition coefficient (Wildman–Crippen LogP) is 1.99. The van der Waals surface area contributed by atoms with Crippen molar-refractivity contribution < 1.29 is 13.3 Å². The molecule has 28 heavy (non-hydrogen) atoms. The SMILES string of the molecule is Cn1c(CC[NH+]2CCCCC2)nc2cc(NS(=O)(=O)c3ccccc3)ccc21. The smallest absolute Gasteiger partial charge is 0.261 e. The third kappa shape index (κ3) is 4.05. The van der Waals surface area contributed by atoms with Gasteiger partial charge in [-0.2, -0.15) is 0 Å². The minimum Gasteiger partial charge on any atom is -0.335 e. The lowest BCUT2D eigenvalue weighted by atomic mass is 10.1. The molecule has 148 valence electrons. The van der Waals surface area contributed by atoms with E-state index in [4.69, 9.17) is 4.98 Å². The van der Waals surface area contributed by atoms with Crippen LogP contribution in [0.2, 0.25) is 0 Å². The van der Waals surface area contributed by atoms with Crippen LogP contribution in [0.4, 0.5) is 5.69 Å². The van der Waals surface area contributed by atoms with Crippen molar-refractivity contribution in [3.63, 3.8) is 0 Å². The standard InChI is InChI=1S/C21H26N4O2S/c1-24-20-11-10-17(23-28(26,27)18-8-4-2-5-9-18)16-19(20)22-21(24)12-15-25-13-6-3-7-14-25/h2,4-5,8-11,16,23H,3,6-7,12-15H2,1H3/p+1. The molecule has 0 bridgehead atoms. The van der Waals surface area contributed by atoms with Crippen LogP contribution in [0.1, 0.15) is 25.1 Å². The molecule has 1 fully saturated rings. The molecule has 1 aliphatic heterocycles. The number of nitrogens with zero attached hydrogens (tertiary/aromatic N) is 2. The van der Waals surface area contributed by atoms with E-state index in [2.05, 4.69) is 9.29 Å². The largest absolute Gasteiger partial charge is 0.335 e. The zero-order valence-corrected chi connectivity index (χ0v) is 17.0. The third-order valence-corrected chi connectivity index (χ3v) is 6.94. The summed E-state index contributed by atoms with van der Waals surface area (Å²) in [4.78, 5) is 6.69. The van der Waals surface area contributed by atoms with E-state index in [0.29, 0.717) is 5.69 Å². The fourth-order valence-electron chi connectivity index (χ4n) is 3.94. The van der Waals surface area contributed by atoms with Crippen molar-refractivity contribution in [3.05, 3.63) is 54.4 Å². The summed E-state index contributed by atoms with van der Waals surface area (Å²) in [5.74, 6) is 1.05. The molecular weight excluding hydrogens is 372 g/mol. The maximum Gasteiger partial charge on any atom is 0.261 e. The average molecular weight is 400 g/mol. The van der Waals surface area contributed by atoms with Crippen LogP contribution < -0.4 is 9.62 Å². The van der Waals surface area contributed by atoms with E-state index < -0.39 is 10.0 Å². The predicted molar refractivity (Wildman–Crippen MR) is 111 cm³/mol. The van der Waals surface area contributed by atoms with Crippen LogP contribution in [0.15, 0.2) is 53.4 Å². The first kappa shape index (κ1) is 19.0. The molecule has 1 aromatic heterocycles. The number of nitrogens with one attached hydrogen (secondary N) is 2. The van der Waals surface area contributed by atoms with E-state index in [1.54, 1.807) is 41.3 Å². The minimum atomic E-state index is -3.60. The summed E-state index contributed by atoms with van der Waals surface area (Å²) in [6.07, 6.45) is 4.94. The van der Waals surface area contributed by atoms with Crippen LogP contribution in [-0.2, 0) is 23.5 Å². The maximum absolute atomic E-state index is 12.5. The van der Waals surface area contributed by atoms with Gasteiger partial charge in [0, 0.05) is 7.05 Å². The summed E-state index contributed by atoms with van der Waals surface area (Å²) < 4.78 is 29.9. The number of likely N-dealkylation sites (tertiary alicyclic amines) is 1. The summed E-state index contributed by atoms with van der Waals surface area (Å²) in [7, 11) is -1.57. The molecule has 1 aliphatic rings. The number of benzene rings is 2. The zero-order chi connectivity index (χ0) is 19.6. The van der Waals surface area contributed by atoms with Gasteiger partial charge in [0.25, 0.3) is 10.0 Å². The molecule has 0 amide bonds. The van der Waals surface area contributed by atoms with Crippen LogP contribution in [0, 0.1) is 0 Å². The Hall–Kier alpha value is -2.38. The van der Waals surface area contributed by atoms with Gasteiger partial charge in [0.05, 0.1) is 47.7 Å². The van der Waals surface area contributed by atoms with Crippen LogP contribution in [-0.4, -0.2) is 37.6 Å². The molecule has 0 saturated carbocycles. The summed E-state index contributed by atoms with van der Waals surface area (Å²) in [6.45, 7) is 3.62. The van der Waals surface area contributed by atoms with E-state index in [1.807, 2.05) is 19.2 Å². The molecule has 0 radical (unpaired) electrons. The Bertz CT molecular complexity index is 1050. The fourth-order valence-corrected chi connectivity index (χ4v) is 5.01. The highest BCUT2D eigenvalue weighted by molar-refractivity contribution is 7.92. The molecule has 2 heterocycles. The molecule has 1 saturated heterocycles. The van der Waals surface area contributed by atoms with Crippen LogP contribution in [0.5, 0.6) is 0 Å². The third-order valence-electron chi connectivity index (χ3n) is 5.54. The molecular formula is C21H27N4O2S+. The second-order valence-electron chi connectivity index (χ2n) is 7.52. The van der Waals surface area contributed by atoms with Crippen molar-refractivity contribution >= 4 is 26.7 Å². The summed E-state index contributed by atoms with van der Waals surface area (Å²) in [6, 6.07) is 13.9. The van der Waals surface area contributed by atoms with E-state index in [0.717, 1.165) is 29.8 Å². The minimum absolute atomic E-state index is 0.251. The first-order valence-corrected chi connectivity index (χ1v) is 11.4. The fraction of sp³-hybridized carbons (Fsp3) is 0.381. The Kier molecular flexibility index (Phi) is 5.37. The number of quaternary nitrogens is 1. The molecule has 7 heteroatoms. The quantitative estimate of drug-likeness (QED) is 0.666. The second kappa shape index (κ2) is 7.93. The number of imidazole rings is 1. The number of aryl methyl sites for hydroxylation is 1. The van der Waals surface area contributed by atoms with Crippen molar-refractivity contribution in [2.45, 2.75) is 30.6 Å². The van der Waals surface area contributed by atoms with Gasteiger partial charge in [0.1, 0.15) is 5.82 Å². The number of anilines is 1. The van der Waals surface area contributed by atoms with Crippen LogP contribution >= 0.6 is 0 Å². The summed E-state index contributed by atoms with van der Waals surface area (Å²) in [5, 5.41) is 0. The van der Waals surface area contributed by atoms with E-state index >= 15 is 0 Å². The highest BCUT2D eigenvalue weighted by Gasteiger charge is 2.17. The Morgan fingerprint density at radius 2 is 1.82 bits per heavy atom. The topological polar surface area (TPSA) is 68.4 Å². The van der Waals surface area contributed by atoms with E-state index in [-0.39, 0.29) is 4.90 Å². The average Bonchev–Trinajstić information content (AvgIpc) is 3.02. The first-order chi connectivity index (χ1) is 13.5. The summed E-state index contributed by atoms with van der Waals surface area (Å²) in [5.41, 5.74) is 2.37. The number of aromatic nitrogens is 2. The molecule has 0 spiro atoms. The molecule has 0 aliphatic carbocycles. The Morgan fingerprint density at radius 1 is 1.07 bits per heavy atom. The number of hydrogen-bond acceptors (Lipinski definition) is 3. The van der Waals surface area contributed by atoms with E-state index in [1.165, 1.54) is 32.4 Å². The van der Waals surface area contributed by atoms with Crippen LogP contribution in [0.25, 0.3) is 11.0 Å². The van der Waals surface area contributed by atoms with Crippen molar-refractivity contribution in [2.75, 3.05) is 24.4 Å². The van der Waals surface area contributed by atoms with Gasteiger partial charge in [-0.1, -0.05) is 18.2 Å². The molecule has 0 unspecified atom stereocenters. The van der Waals surface area contributed by atoms with E-state index in [9.17, 15) is 8.42 Å². The molecule has 4 rings (SSSR count). The lowest BCUT2D eigenvalue weighted by Gasteiger charge is -2.23. The number of rotatable bonds is 6. The van der Waals surface area contributed by atoms with Crippen molar-refractivity contribution in [1.29, 1.82) is 0 Å². The molecule has 2 aromatic carbocycles. The lowest BCUT2D eigenvalue weighted by Crippen LogP contribution is -3.13. The van der Waals surface area contributed by atoms with Gasteiger partial charge < -0.3 is 9.47 Å². The normalized spacial score (nSPS) is 15.8. The van der Waals surface area contributed by atoms with Gasteiger partial charge in [0.15, 0.2) is 0 Å². The van der Waals surface area contributed by atoms with Crippen LogP contribution in [0.3, 0.4) is 0 Å². The molecule has 3 aromatic rings. The van der Waals surface area contributed by atoms with Gasteiger partial charge in [-0.15, -0.1) is 0 Å². The highest BCUT2D eigenvalue weighted by Crippen LogP contribution is 2.22. The summed E-state index contributed by atoms with van der Waals surface area (Å²) >= 11 is 0. The maximum atomic E-state index is 12.5. The number of hydrogen-bond donors (Lipinski definition) is 2. The van der Waals surface area contributed by atoms with Crippen molar-refractivity contribution in [3.8, 4) is 0 Å². The zero-order valence-electron chi connectivity index (χ0n) is 16.2.